The lowest BCUT2D eigenvalue weighted by molar-refractivity contribution is 0.385. The maximum Gasteiger partial charge on any atom is 0.356 e. The molecule has 0 heterocycles. The van der Waals surface area contributed by atoms with E-state index in [2.05, 4.69) is 0 Å². The molecule has 0 aliphatic carbocycles. The largest absolute Gasteiger partial charge is 0.356 e. The highest BCUT2D eigenvalue weighted by atomic mass is 31.2. The van der Waals surface area contributed by atoms with Crippen LogP contribution in [0.25, 0.3) is 11.1 Å². The van der Waals surface area contributed by atoms with E-state index in [-0.39, 0.29) is 33.4 Å². The van der Waals surface area contributed by atoms with Crippen LogP contribution < -0.4 is 21.2 Å². The SMILES string of the molecule is O=P(O)(O)c1ccccc1C(=C(c1ccccc1P(=O)(O)O)c1ccccc1P(=O)(O)O)c1ccccc1P(=O)(O)O. The van der Waals surface area contributed by atoms with Crippen LogP contribution in [-0.4, -0.2) is 39.1 Å². The smallest absolute Gasteiger partial charge is 0.321 e. The van der Waals surface area contributed by atoms with Crippen molar-refractivity contribution >= 4 is 62.7 Å². The highest BCUT2D eigenvalue weighted by Gasteiger charge is 2.34. The normalized spacial score (nSPS) is 12.7. The van der Waals surface area contributed by atoms with Gasteiger partial charge in [0.2, 0.25) is 0 Å². The molecule has 0 radical (unpaired) electrons. The molecule has 0 saturated carbocycles. The molecule has 0 saturated heterocycles. The topological polar surface area (TPSA) is 230 Å². The van der Waals surface area contributed by atoms with Gasteiger partial charge in [0.25, 0.3) is 0 Å². The Morgan fingerprint density at radius 1 is 0.333 bits per heavy atom. The van der Waals surface area contributed by atoms with Crippen LogP contribution in [0.1, 0.15) is 22.3 Å². The molecule has 42 heavy (non-hydrogen) atoms. The second kappa shape index (κ2) is 11.7. The minimum Gasteiger partial charge on any atom is -0.321 e. The molecule has 16 heteroatoms. The molecule has 12 nitrogen and oxygen atoms in total. The van der Waals surface area contributed by atoms with Gasteiger partial charge in [-0.1, -0.05) is 72.8 Å². The Balaban J connectivity index is 2.44. The van der Waals surface area contributed by atoms with Crippen LogP contribution in [0.4, 0.5) is 0 Å². The molecule has 0 amide bonds. The van der Waals surface area contributed by atoms with Gasteiger partial charge in [-0.2, -0.15) is 0 Å². The predicted molar refractivity (Wildman–Crippen MR) is 157 cm³/mol. The summed E-state index contributed by atoms with van der Waals surface area (Å²) in [6.07, 6.45) is 0. The molecule has 8 N–H and O–H groups in total. The lowest BCUT2D eigenvalue weighted by Gasteiger charge is -2.25. The highest BCUT2D eigenvalue weighted by Crippen LogP contribution is 2.48. The van der Waals surface area contributed by atoms with Gasteiger partial charge >= 0.3 is 30.4 Å². The van der Waals surface area contributed by atoms with Crippen molar-refractivity contribution in [1.82, 2.24) is 0 Å². The summed E-state index contributed by atoms with van der Waals surface area (Å²) >= 11 is 0. The third kappa shape index (κ3) is 6.72. The molecule has 0 atom stereocenters. The molecule has 0 aliphatic rings. The number of hydrogen-bond donors (Lipinski definition) is 8. The molecule has 4 aromatic rings. The fourth-order valence-electron chi connectivity index (χ4n) is 4.59. The van der Waals surface area contributed by atoms with Crippen molar-refractivity contribution in [3.05, 3.63) is 119 Å². The van der Waals surface area contributed by atoms with E-state index < -0.39 is 51.6 Å². The van der Waals surface area contributed by atoms with Crippen LogP contribution in [0.3, 0.4) is 0 Å². The molecule has 4 rings (SSSR count). The third-order valence-electron chi connectivity index (χ3n) is 6.20. The van der Waals surface area contributed by atoms with E-state index in [4.69, 9.17) is 0 Å². The number of benzene rings is 4. The Bertz CT molecular complexity index is 1620. The molecule has 0 spiro atoms. The van der Waals surface area contributed by atoms with Gasteiger partial charge in [0, 0.05) is 0 Å². The molecule has 220 valence electrons. The van der Waals surface area contributed by atoms with Gasteiger partial charge in [-0.15, -0.1) is 0 Å². The quantitative estimate of drug-likeness (QED) is 0.101. The Hall–Kier alpha value is -2.78. The Labute approximate surface area is 239 Å². The fourth-order valence-corrected chi connectivity index (χ4v) is 7.71. The van der Waals surface area contributed by atoms with Crippen LogP contribution in [-0.2, 0) is 18.3 Å². The summed E-state index contributed by atoms with van der Waals surface area (Å²) in [7, 11) is -20.5. The van der Waals surface area contributed by atoms with Crippen molar-refractivity contribution in [1.29, 1.82) is 0 Å². The van der Waals surface area contributed by atoms with Gasteiger partial charge in [-0.05, 0) is 57.7 Å². The minimum absolute atomic E-state index is 0.303. The number of hydrogen-bond acceptors (Lipinski definition) is 4. The van der Waals surface area contributed by atoms with Crippen LogP contribution in [0.2, 0.25) is 0 Å². The van der Waals surface area contributed by atoms with Gasteiger partial charge in [-0.25, -0.2) is 0 Å². The lowest BCUT2D eigenvalue weighted by atomic mass is 9.85. The van der Waals surface area contributed by atoms with E-state index in [1.165, 1.54) is 72.8 Å². The van der Waals surface area contributed by atoms with E-state index in [9.17, 15) is 57.4 Å². The van der Waals surface area contributed by atoms with E-state index >= 15 is 0 Å². The molecule has 0 fully saturated rings. The monoisotopic (exact) mass is 652 g/mol. The molecule has 0 aliphatic heterocycles. The van der Waals surface area contributed by atoms with Gasteiger partial charge in [0.1, 0.15) is 0 Å². The Morgan fingerprint density at radius 2 is 0.500 bits per heavy atom. The highest BCUT2D eigenvalue weighted by molar-refractivity contribution is 7.61. The van der Waals surface area contributed by atoms with Crippen LogP contribution in [0.5, 0.6) is 0 Å². The van der Waals surface area contributed by atoms with Crippen molar-refractivity contribution in [3.8, 4) is 0 Å². The van der Waals surface area contributed by atoms with E-state index in [0.717, 1.165) is 24.3 Å². The van der Waals surface area contributed by atoms with Crippen molar-refractivity contribution in [2.75, 3.05) is 0 Å². The van der Waals surface area contributed by atoms with Crippen molar-refractivity contribution in [3.63, 3.8) is 0 Å². The average molecular weight is 652 g/mol. The minimum atomic E-state index is -5.13. The predicted octanol–water partition coefficient (Wildman–Crippen LogP) is 1.91. The van der Waals surface area contributed by atoms with Gasteiger partial charge < -0.3 is 39.1 Å². The van der Waals surface area contributed by atoms with Crippen LogP contribution in [0, 0.1) is 0 Å². The molecule has 0 aromatic heterocycles. The van der Waals surface area contributed by atoms with Crippen LogP contribution >= 0.6 is 30.4 Å². The fraction of sp³-hybridized carbons (Fsp3) is 0. The maximum absolute atomic E-state index is 12.7. The molecular weight excluding hydrogens is 628 g/mol. The summed E-state index contributed by atoms with van der Waals surface area (Å²) in [5.41, 5.74) is -1.92. The standard InChI is InChI=1S/C26H24O12P4/c27-39(28,29)21-13-5-1-9-17(21)25(18-10-2-6-14-22(18)40(30,31)32)26(19-11-3-7-15-23(19)41(33,34)35)20-12-4-8-16-24(20)42(36,37)38/h1-16H,(H2,27,28,29)(H2,30,31,32)(H2,33,34,35)(H2,36,37,38). The first kappa shape index (κ1) is 32.1. The zero-order chi connectivity index (χ0) is 31.1. The van der Waals surface area contributed by atoms with Crippen molar-refractivity contribution in [2.24, 2.45) is 0 Å². The molecule has 0 bridgehead atoms. The first-order valence-electron chi connectivity index (χ1n) is 11.8. The van der Waals surface area contributed by atoms with Crippen molar-refractivity contribution < 1.29 is 57.4 Å². The van der Waals surface area contributed by atoms with E-state index in [1.54, 1.807) is 0 Å². The second-order valence-electron chi connectivity index (χ2n) is 8.99. The first-order valence-corrected chi connectivity index (χ1v) is 18.2. The van der Waals surface area contributed by atoms with E-state index in [0.29, 0.717) is 0 Å². The summed E-state index contributed by atoms with van der Waals surface area (Å²) in [5.74, 6) is 0. The zero-order valence-electron chi connectivity index (χ0n) is 21.2. The first-order chi connectivity index (χ1) is 19.4. The van der Waals surface area contributed by atoms with Gasteiger partial charge in [0.15, 0.2) is 0 Å². The lowest BCUT2D eigenvalue weighted by Crippen LogP contribution is -2.21. The van der Waals surface area contributed by atoms with Gasteiger partial charge in [0.05, 0.1) is 21.2 Å². The molecule has 0 unspecified atom stereocenters. The summed E-state index contributed by atoms with van der Waals surface area (Å²) in [6, 6.07) is 19.9. The average Bonchev–Trinajstić information content (AvgIpc) is 2.90. The van der Waals surface area contributed by atoms with Gasteiger partial charge in [-0.3, -0.25) is 18.3 Å². The number of rotatable bonds is 8. The summed E-state index contributed by atoms with van der Waals surface area (Å²) in [5, 5.41) is -2.44. The Kier molecular flexibility index (Phi) is 8.97. The third-order valence-corrected chi connectivity index (χ3v) is 10.3. The summed E-state index contributed by atoms with van der Waals surface area (Å²) in [6.45, 7) is 0. The molecule has 4 aromatic carbocycles. The van der Waals surface area contributed by atoms with Crippen molar-refractivity contribution in [2.45, 2.75) is 0 Å². The second-order valence-corrected chi connectivity index (χ2v) is 15.3. The Morgan fingerprint density at radius 3 is 0.667 bits per heavy atom. The van der Waals surface area contributed by atoms with E-state index in [1.807, 2.05) is 0 Å². The van der Waals surface area contributed by atoms with Crippen LogP contribution in [0.15, 0.2) is 97.1 Å². The molecular formula is C26H24O12P4. The summed E-state index contributed by atoms with van der Waals surface area (Å²) in [4.78, 5) is 82.2. The zero-order valence-corrected chi connectivity index (χ0v) is 24.8. The summed E-state index contributed by atoms with van der Waals surface area (Å²) < 4.78 is 50.8. The maximum atomic E-state index is 12.7.